The lowest BCUT2D eigenvalue weighted by atomic mass is 10.1. The third-order valence-electron chi connectivity index (χ3n) is 2.15. The Kier molecular flexibility index (Phi) is 4.87. The zero-order valence-electron chi connectivity index (χ0n) is 11.5. The minimum atomic E-state index is -0.519. The van der Waals surface area contributed by atoms with Gasteiger partial charge in [-0.25, -0.2) is 4.79 Å². The number of rotatable bonds is 4. The molecule has 4 heteroatoms. The molecule has 1 amide bonds. The van der Waals surface area contributed by atoms with E-state index in [1.807, 2.05) is 26.8 Å². The van der Waals surface area contributed by atoms with Gasteiger partial charge in [-0.3, -0.25) is 4.79 Å². The topological polar surface area (TPSA) is 69.4 Å². The SMILES string of the molecule is CC(C)(C)OC(=O)c1cccc(C=CCC(N)=O)c1. The smallest absolute Gasteiger partial charge is 0.338 e. The summed E-state index contributed by atoms with van der Waals surface area (Å²) in [5, 5.41) is 0. The van der Waals surface area contributed by atoms with Crippen molar-refractivity contribution >= 4 is 18.0 Å². The lowest BCUT2D eigenvalue weighted by molar-refractivity contribution is -0.117. The van der Waals surface area contributed by atoms with Gasteiger partial charge in [0.25, 0.3) is 0 Å². The standard InChI is InChI=1S/C15H19NO3/c1-15(2,3)19-14(18)12-8-4-6-11(10-12)7-5-9-13(16)17/h4-8,10H,9H2,1-3H3,(H2,16,17). The fourth-order valence-electron chi connectivity index (χ4n) is 1.42. The number of carbonyl (C=O) groups is 2. The third-order valence-corrected chi connectivity index (χ3v) is 2.15. The van der Waals surface area contributed by atoms with E-state index in [2.05, 4.69) is 0 Å². The molecule has 19 heavy (non-hydrogen) atoms. The number of hydrogen-bond acceptors (Lipinski definition) is 3. The van der Waals surface area contributed by atoms with Gasteiger partial charge >= 0.3 is 5.97 Å². The molecule has 1 aromatic rings. The average Bonchev–Trinajstić information content (AvgIpc) is 2.26. The molecule has 0 saturated heterocycles. The molecular formula is C15H19NO3. The van der Waals surface area contributed by atoms with Gasteiger partial charge in [0.15, 0.2) is 0 Å². The summed E-state index contributed by atoms with van der Waals surface area (Å²) >= 11 is 0. The van der Waals surface area contributed by atoms with E-state index in [1.165, 1.54) is 0 Å². The number of nitrogens with two attached hydrogens (primary N) is 1. The predicted molar refractivity (Wildman–Crippen MR) is 74.5 cm³/mol. The van der Waals surface area contributed by atoms with Gasteiger partial charge in [0.2, 0.25) is 5.91 Å². The highest BCUT2D eigenvalue weighted by Crippen LogP contribution is 2.14. The Labute approximate surface area is 113 Å². The van der Waals surface area contributed by atoms with Crippen LogP contribution in [-0.2, 0) is 9.53 Å². The van der Waals surface area contributed by atoms with Gasteiger partial charge in [0.05, 0.1) is 5.56 Å². The van der Waals surface area contributed by atoms with Crippen molar-refractivity contribution < 1.29 is 14.3 Å². The van der Waals surface area contributed by atoms with Crippen LogP contribution in [0, 0.1) is 0 Å². The van der Waals surface area contributed by atoms with Crippen LogP contribution in [0.1, 0.15) is 43.1 Å². The highest BCUT2D eigenvalue weighted by Gasteiger charge is 2.17. The van der Waals surface area contributed by atoms with Crippen LogP contribution in [-0.4, -0.2) is 17.5 Å². The van der Waals surface area contributed by atoms with Crippen LogP contribution in [0.25, 0.3) is 6.08 Å². The molecule has 0 aliphatic carbocycles. The molecule has 4 nitrogen and oxygen atoms in total. The van der Waals surface area contributed by atoms with Crippen LogP contribution in [0.2, 0.25) is 0 Å². The summed E-state index contributed by atoms with van der Waals surface area (Å²) in [5.41, 5.74) is 5.83. The largest absolute Gasteiger partial charge is 0.456 e. The number of esters is 1. The van der Waals surface area contributed by atoms with Crippen molar-refractivity contribution in [2.45, 2.75) is 32.8 Å². The van der Waals surface area contributed by atoms with Gasteiger partial charge in [0, 0.05) is 6.42 Å². The molecule has 2 N–H and O–H groups in total. The Morgan fingerprint density at radius 2 is 2.00 bits per heavy atom. The lowest BCUT2D eigenvalue weighted by Gasteiger charge is -2.19. The zero-order chi connectivity index (χ0) is 14.5. The Hall–Kier alpha value is -2.10. The van der Waals surface area contributed by atoms with E-state index in [-0.39, 0.29) is 18.3 Å². The minimum absolute atomic E-state index is 0.177. The van der Waals surface area contributed by atoms with E-state index in [0.717, 1.165) is 5.56 Å². The van der Waals surface area contributed by atoms with Crippen molar-refractivity contribution in [3.63, 3.8) is 0 Å². The van der Waals surface area contributed by atoms with Crippen LogP contribution < -0.4 is 5.73 Å². The van der Waals surface area contributed by atoms with Gasteiger partial charge < -0.3 is 10.5 Å². The van der Waals surface area contributed by atoms with Gasteiger partial charge in [-0.05, 0) is 38.5 Å². The maximum absolute atomic E-state index is 11.9. The van der Waals surface area contributed by atoms with Gasteiger partial charge in [-0.15, -0.1) is 0 Å². The second-order valence-electron chi connectivity index (χ2n) is 5.20. The monoisotopic (exact) mass is 261 g/mol. The van der Waals surface area contributed by atoms with Crippen LogP contribution >= 0.6 is 0 Å². The van der Waals surface area contributed by atoms with Crippen molar-refractivity contribution in [1.29, 1.82) is 0 Å². The molecule has 0 aromatic heterocycles. The lowest BCUT2D eigenvalue weighted by Crippen LogP contribution is -2.23. The number of primary amides is 1. The molecule has 1 rings (SSSR count). The number of hydrogen-bond donors (Lipinski definition) is 1. The van der Waals surface area contributed by atoms with Gasteiger partial charge in [-0.1, -0.05) is 24.3 Å². The van der Waals surface area contributed by atoms with Crippen LogP contribution in [0.15, 0.2) is 30.3 Å². The first kappa shape index (κ1) is 15.0. The van der Waals surface area contributed by atoms with E-state index in [4.69, 9.17) is 10.5 Å². The number of benzene rings is 1. The fraction of sp³-hybridized carbons (Fsp3) is 0.333. The summed E-state index contributed by atoms with van der Waals surface area (Å²) in [5.74, 6) is -0.753. The maximum Gasteiger partial charge on any atom is 0.338 e. The van der Waals surface area contributed by atoms with Gasteiger partial charge in [0.1, 0.15) is 5.60 Å². The molecule has 0 radical (unpaired) electrons. The summed E-state index contributed by atoms with van der Waals surface area (Å²) in [6, 6.07) is 7.01. The summed E-state index contributed by atoms with van der Waals surface area (Å²) in [7, 11) is 0. The first-order valence-electron chi connectivity index (χ1n) is 6.06. The quantitative estimate of drug-likeness (QED) is 0.847. The highest BCUT2D eigenvalue weighted by atomic mass is 16.6. The van der Waals surface area contributed by atoms with Crippen LogP contribution in [0.3, 0.4) is 0 Å². The summed E-state index contributed by atoms with van der Waals surface area (Å²) < 4.78 is 5.28. The maximum atomic E-state index is 11.9. The normalized spacial score (nSPS) is 11.5. The van der Waals surface area contributed by atoms with E-state index in [1.54, 1.807) is 30.4 Å². The predicted octanol–water partition coefficient (Wildman–Crippen LogP) is 2.53. The van der Waals surface area contributed by atoms with E-state index in [0.29, 0.717) is 5.56 Å². The second-order valence-corrected chi connectivity index (χ2v) is 5.20. The summed E-state index contributed by atoms with van der Waals surface area (Å²) in [6.07, 6.45) is 3.59. The van der Waals surface area contributed by atoms with Crippen molar-refractivity contribution in [3.05, 3.63) is 41.5 Å². The number of ether oxygens (including phenoxy) is 1. The molecule has 0 unspecified atom stereocenters. The van der Waals surface area contributed by atoms with Crippen molar-refractivity contribution in [2.24, 2.45) is 5.73 Å². The molecule has 0 atom stereocenters. The third kappa shape index (κ3) is 5.86. The Bertz CT molecular complexity index is 498. The molecule has 0 spiro atoms. The molecule has 0 fully saturated rings. The molecular weight excluding hydrogens is 242 g/mol. The number of amides is 1. The molecule has 0 aliphatic rings. The summed E-state index contributed by atoms with van der Waals surface area (Å²) in [4.78, 5) is 22.5. The molecule has 102 valence electrons. The van der Waals surface area contributed by atoms with Crippen molar-refractivity contribution in [1.82, 2.24) is 0 Å². The molecule has 0 bridgehead atoms. The van der Waals surface area contributed by atoms with Crippen LogP contribution in [0.4, 0.5) is 0 Å². The molecule has 1 aromatic carbocycles. The Balaban J connectivity index is 2.79. The van der Waals surface area contributed by atoms with Crippen LogP contribution in [0.5, 0.6) is 0 Å². The first-order chi connectivity index (χ1) is 8.78. The summed E-state index contributed by atoms with van der Waals surface area (Å²) in [6.45, 7) is 5.46. The highest BCUT2D eigenvalue weighted by molar-refractivity contribution is 5.90. The number of carbonyl (C=O) groups excluding carboxylic acids is 2. The van der Waals surface area contributed by atoms with E-state index in [9.17, 15) is 9.59 Å². The van der Waals surface area contributed by atoms with Crippen molar-refractivity contribution in [2.75, 3.05) is 0 Å². The van der Waals surface area contributed by atoms with E-state index < -0.39 is 5.60 Å². The fourth-order valence-corrected chi connectivity index (χ4v) is 1.42. The molecule has 0 heterocycles. The Morgan fingerprint density at radius 3 is 2.58 bits per heavy atom. The van der Waals surface area contributed by atoms with Gasteiger partial charge in [-0.2, -0.15) is 0 Å². The second kappa shape index (κ2) is 6.18. The average molecular weight is 261 g/mol. The zero-order valence-corrected chi connectivity index (χ0v) is 11.5. The van der Waals surface area contributed by atoms with E-state index >= 15 is 0 Å². The minimum Gasteiger partial charge on any atom is -0.456 e. The molecule has 0 saturated carbocycles. The first-order valence-corrected chi connectivity index (χ1v) is 6.06. The molecule has 0 aliphatic heterocycles. The Morgan fingerprint density at radius 1 is 1.32 bits per heavy atom. The van der Waals surface area contributed by atoms with Crippen molar-refractivity contribution in [3.8, 4) is 0 Å².